The molecule has 24 heavy (non-hydrogen) atoms. The van der Waals surface area contributed by atoms with Crippen molar-refractivity contribution in [2.45, 2.75) is 66.6 Å². The van der Waals surface area contributed by atoms with E-state index in [4.69, 9.17) is 14.2 Å². The second kappa shape index (κ2) is 15.2. The Labute approximate surface area is 147 Å². The third-order valence-corrected chi connectivity index (χ3v) is 3.45. The van der Waals surface area contributed by atoms with Gasteiger partial charge in [0.25, 0.3) is 0 Å². The number of carbonyl (C=O) groups excluding carboxylic acids is 1. The molecule has 0 N–H and O–H groups in total. The number of ether oxygens (including phenoxy) is 3. The SMILES string of the molecule is CCOC(=O)/C=C(\C/C=C/C/C=C(\C)CC)CC(OCC)OCC. The zero-order valence-corrected chi connectivity index (χ0v) is 16.0. The minimum atomic E-state index is -0.323. The van der Waals surface area contributed by atoms with Gasteiger partial charge in [-0.1, -0.05) is 36.3 Å². The molecule has 0 aliphatic carbocycles. The van der Waals surface area contributed by atoms with Gasteiger partial charge in [-0.2, -0.15) is 0 Å². The quantitative estimate of drug-likeness (QED) is 0.206. The highest BCUT2D eigenvalue weighted by Crippen LogP contribution is 2.15. The summed E-state index contributed by atoms with van der Waals surface area (Å²) in [5, 5.41) is 0. The molecule has 4 nitrogen and oxygen atoms in total. The first kappa shape index (κ1) is 22.6. The van der Waals surface area contributed by atoms with Gasteiger partial charge in [-0.15, -0.1) is 0 Å². The van der Waals surface area contributed by atoms with Crippen LogP contribution in [0.15, 0.2) is 35.5 Å². The molecule has 0 atom stereocenters. The molecular weight excluding hydrogens is 304 g/mol. The van der Waals surface area contributed by atoms with Gasteiger partial charge in [-0.05, 0) is 47.0 Å². The van der Waals surface area contributed by atoms with E-state index in [9.17, 15) is 4.79 Å². The van der Waals surface area contributed by atoms with E-state index in [-0.39, 0.29) is 12.3 Å². The topological polar surface area (TPSA) is 44.8 Å². The van der Waals surface area contributed by atoms with Crippen molar-refractivity contribution >= 4 is 5.97 Å². The lowest BCUT2D eigenvalue weighted by Gasteiger charge is -2.18. The van der Waals surface area contributed by atoms with Gasteiger partial charge >= 0.3 is 5.97 Å². The number of rotatable bonds is 13. The Kier molecular flexibility index (Phi) is 14.3. The van der Waals surface area contributed by atoms with Crippen LogP contribution < -0.4 is 0 Å². The van der Waals surface area contributed by atoms with Gasteiger partial charge < -0.3 is 14.2 Å². The molecule has 0 bridgehead atoms. The summed E-state index contributed by atoms with van der Waals surface area (Å²) >= 11 is 0. The van der Waals surface area contributed by atoms with Gasteiger partial charge in [-0.3, -0.25) is 0 Å². The molecule has 0 unspecified atom stereocenters. The van der Waals surface area contributed by atoms with Crippen molar-refractivity contribution in [1.82, 2.24) is 0 Å². The van der Waals surface area contributed by atoms with E-state index < -0.39 is 0 Å². The average Bonchev–Trinajstić information content (AvgIpc) is 2.54. The molecular formula is C20H34O4. The fraction of sp³-hybridized carbons (Fsp3) is 0.650. The first-order chi connectivity index (χ1) is 11.6. The number of hydrogen-bond donors (Lipinski definition) is 0. The predicted octanol–water partition coefficient (Wildman–Crippen LogP) is 4.96. The maximum atomic E-state index is 11.8. The summed E-state index contributed by atoms with van der Waals surface area (Å²) in [6.45, 7) is 11.5. The first-order valence-electron chi connectivity index (χ1n) is 8.97. The van der Waals surface area contributed by atoms with Crippen molar-refractivity contribution in [3.63, 3.8) is 0 Å². The molecule has 4 heteroatoms. The zero-order valence-electron chi connectivity index (χ0n) is 16.0. The van der Waals surface area contributed by atoms with Gasteiger partial charge in [0.1, 0.15) is 0 Å². The van der Waals surface area contributed by atoms with E-state index in [0.717, 1.165) is 18.4 Å². The Morgan fingerprint density at radius 1 is 1.00 bits per heavy atom. The highest BCUT2D eigenvalue weighted by molar-refractivity contribution is 5.82. The summed E-state index contributed by atoms with van der Waals surface area (Å²) in [7, 11) is 0. The minimum Gasteiger partial charge on any atom is -0.463 e. The van der Waals surface area contributed by atoms with E-state index >= 15 is 0 Å². The van der Waals surface area contributed by atoms with E-state index in [0.29, 0.717) is 32.7 Å². The van der Waals surface area contributed by atoms with Gasteiger partial charge in [0.15, 0.2) is 6.29 Å². The summed E-state index contributed by atoms with van der Waals surface area (Å²) < 4.78 is 16.2. The van der Waals surface area contributed by atoms with Gasteiger partial charge in [-0.25, -0.2) is 4.79 Å². The second-order valence-corrected chi connectivity index (χ2v) is 5.41. The highest BCUT2D eigenvalue weighted by atomic mass is 16.7. The van der Waals surface area contributed by atoms with E-state index in [1.165, 1.54) is 5.57 Å². The van der Waals surface area contributed by atoms with Gasteiger partial charge in [0.2, 0.25) is 0 Å². The Morgan fingerprint density at radius 3 is 2.21 bits per heavy atom. The molecule has 0 aromatic heterocycles. The zero-order chi connectivity index (χ0) is 18.2. The van der Waals surface area contributed by atoms with Crippen LogP contribution in [0.4, 0.5) is 0 Å². The van der Waals surface area contributed by atoms with Crippen LogP contribution in [0.25, 0.3) is 0 Å². The fourth-order valence-corrected chi connectivity index (χ4v) is 2.05. The molecule has 0 saturated carbocycles. The normalized spacial score (nSPS) is 13.1. The van der Waals surface area contributed by atoms with Gasteiger partial charge in [0.05, 0.1) is 6.61 Å². The lowest BCUT2D eigenvalue weighted by atomic mass is 10.1. The Balaban J connectivity index is 4.80. The van der Waals surface area contributed by atoms with Crippen LogP contribution in [-0.4, -0.2) is 32.1 Å². The minimum absolute atomic E-state index is 0.311. The van der Waals surface area contributed by atoms with Crippen molar-refractivity contribution in [3.05, 3.63) is 35.5 Å². The van der Waals surface area contributed by atoms with Crippen molar-refractivity contribution in [1.29, 1.82) is 0 Å². The van der Waals surface area contributed by atoms with Crippen molar-refractivity contribution < 1.29 is 19.0 Å². The smallest absolute Gasteiger partial charge is 0.330 e. The van der Waals surface area contributed by atoms with Crippen LogP contribution >= 0.6 is 0 Å². The summed E-state index contributed by atoms with van der Waals surface area (Å²) in [6.07, 6.45) is 10.9. The summed E-state index contributed by atoms with van der Waals surface area (Å²) in [4.78, 5) is 11.8. The number of allylic oxidation sites excluding steroid dienone is 4. The molecule has 138 valence electrons. The number of carbonyl (C=O) groups is 1. The third kappa shape index (κ3) is 12.1. The summed E-state index contributed by atoms with van der Waals surface area (Å²) in [5.74, 6) is -0.311. The molecule has 0 aliphatic rings. The van der Waals surface area contributed by atoms with Crippen molar-refractivity contribution in [2.75, 3.05) is 19.8 Å². The van der Waals surface area contributed by atoms with Crippen LogP contribution in [0.3, 0.4) is 0 Å². The molecule has 0 heterocycles. The number of esters is 1. The van der Waals surface area contributed by atoms with Crippen molar-refractivity contribution in [3.8, 4) is 0 Å². The Hall–Kier alpha value is -1.39. The molecule has 0 aliphatic heterocycles. The molecule has 0 aromatic carbocycles. The van der Waals surface area contributed by atoms with Gasteiger partial charge in [0, 0.05) is 25.7 Å². The van der Waals surface area contributed by atoms with Crippen LogP contribution in [0.2, 0.25) is 0 Å². The molecule has 0 spiro atoms. The maximum absolute atomic E-state index is 11.8. The molecule has 0 aromatic rings. The van der Waals surface area contributed by atoms with E-state index in [2.05, 4.69) is 32.1 Å². The van der Waals surface area contributed by atoms with Crippen LogP contribution in [-0.2, 0) is 19.0 Å². The number of hydrogen-bond acceptors (Lipinski definition) is 4. The summed E-state index contributed by atoms with van der Waals surface area (Å²) in [6, 6.07) is 0. The van der Waals surface area contributed by atoms with Crippen LogP contribution in [0.1, 0.15) is 60.3 Å². The lowest BCUT2D eigenvalue weighted by molar-refractivity contribution is -0.138. The van der Waals surface area contributed by atoms with Crippen molar-refractivity contribution in [2.24, 2.45) is 0 Å². The molecule has 0 saturated heterocycles. The predicted molar refractivity (Wildman–Crippen MR) is 98.8 cm³/mol. The lowest BCUT2D eigenvalue weighted by Crippen LogP contribution is -2.18. The van der Waals surface area contributed by atoms with E-state index in [1.807, 2.05) is 13.8 Å². The fourth-order valence-electron chi connectivity index (χ4n) is 2.05. The highest BCUT2D eigenvalue weighted by Gasteiger charge is 2.12. The van der Waals surface area contributed by atoms with E-state index in [1.54, 1.807) is 13.0 Å². The molecule has 0 rings (SSSR count). The third-order valence-electron chi connectivity index (χ3n) is 3.45. The standard InChI is InChI=1S/C20H34O4/c1-6-17(5)13-11-10-12-14-18(15-19(21)22-7-2)16-20(23-8-3)24-9-4/h10,12-13,15,20H,6-9,11,14,16H2,1-5H3/b12-10+,17-13+,18-15+. The maximum Gasteiger partial charge on any atom is 0.330 e. The molecule has 0 radical (unpaired) electrons. The average molecular weight is 338 g/mol. The summed E-state index contributed by atoms with van der Waals surface area (Å²) in [5.41, 5.74) is 2.34. The Morgan fingerprint density at radius 2 is 1.67 bits per heavy atom. The van der Waals surface area contributed by atoms with Crippen LogP contribution in [0, 0.1) is 0 Å². The second-order valence-electron chi connectivity index (χ2n) is 5.41. The first-order valence-corrected chi connectivity index (χ1v) is 8.97. The molecule has 0 amide bonds. The monoisotopic (exact) mass is 338 g/mol. The Bertz CT molecular complexity index is 415. The largest absolute Gasteiger partial charge is 0.463 e. The molecule has 0 fully saturated rings. The van der Waals surface area contributed by atoms with Crippen LogP contribution in [0.5, 0.6) is 0 Å².